The average molecular weight is 250 g/mol. The molecule has 0 aliphatic heterocycles. The van der Waals surface area contributed by atoms with Gasteiger partial charge in [0.25, 0.3) is 0 Å². The van der Waals surface area contributed by atoms with Crippen molar-refractivity contribution in [1.29, 1.82) is 0 Å². The van der Waals surface area contributed by atoms with Crippen LogP contribution in [0.5, 0.6) is 0 Å². The Hall–Kier alpha value is -1.32. The fraction of sp³-hybridized carbons (Fsp3) is 0.714. The molecule has 4 heteroatoms. The van der Waals surface area contributed by atoms with Gasteiger partial charge in [-0.1, -0.05) is 20.3 Å². The van der Waals surface area contributed by atoms with Crippen LogP contribution in [0, 0.1) is 5.41 Å². The monoisotopic (exact) mass is 250 g/mol. The van der Waals surface area contributed by atoms with Gasteiger partial charge in [0.2, 0.25) is 0 Å². The van der Waals surface area contributed by atoms with Crippen molar-refractivity contribution in [3.63, 3.8) is 0 Å². The lowest BCUT2D eigenvalue weighted by Crippen LogP contribution is -2.40. The van der Waals surface area contributed by atoms with Crippen LogP contribution in [-0.2, 0) is 11.2 Å². The summed E-state index contributed by atoms with van der Waals surface area (Å²) in [5, 5.41) is 13.9. The molecule has 100 valence electrons. The minimum atomic E-state index is -0.661. The predicted molar refractivity (Wildman–Crippen MR) is 69.5 cm³/mol. The fourth-order valence-corrected chi connectivity index (χ4v) is 2.75. The molecular weight excluding hydrogens is 228 g/mol. The summed E-state index contributed by atoms with van der Waals surface area (Å²) >= 11 is 0. The van der Waals surface area contributed by atoms with Crippen molar-refractivity contribution in [1.82, 2.24) is 9.78 Å². The molecule has 0 spiro atoms. The number of carbonyl (C=O) groups is 1. The maximum Gasteiger partial charge on any atom is 0.310 e. The summed E-state index contributed by atoms with van der Waals surface area (Å²) in [6, 6.07) is 2.40. The van der Waals surface area contributed by atoms with Gasteiger partial charge in [-0.05, 0) is 31.7 Å². The Morgan fingerprint density at radius 1 is 1.50 bits per heavy atom. The van der Waals surface area contributed by atoms with E-state index in [1.807, 2.05) is 16.9 Å². The van der Waals surface area contributed by atoms with Gasteiger partial charge in [-0.2, -0.15) is 5.10 Å². The number of aromatic nitrogens is 2. The molecule has 1 fully saturated rings. The number of aliphatic carboxylic acids is 1. The maximum absolute atomic E-state index is 11.3. The molecule has 0 atom stereocenters. The van der Waals surface area contributed by atoms with Crippen molar-refractivity contribution in [2.75, 3.05) is 0 Å². The highest BCUT2D eigenvalue weighted by Gasteiger charge is 2.44. The first-order valence-electron chi connectivity index (χ1n) is 6.88. The van der Waals surface area contributed by atoms with E-state index in [0.29, 0.717) is 12.5 Å². The summed E-state index contributed by atoms with van der Waals surface area (Å²) in [6.07, 6.45) is 7.29. The molecule has 18 heavy (non-hydrogen) atoms. The van der Waals surface area contributed by atoms with E-state index in [9.17, 15) is 9.90 Å². The van der Waals surface area contributed by atoms with Crippen LogP contribution in [0.2, 0.25) is 0 Å². The normalized spacial score (nSPS) is 17.7. The Bertz CT molecular complexity index is 417. The second-order valence-corrected chi connectivity index (χ2v) is 5.37. The van der Waals surface area contributed by atoms with E-state index < -0.39 is 11.4 Å². The molecule has 0 radical (unpaired) electrons. The van der Waals surface area contributed by atoms with E-state index in [1.165, 1.54) is 0 Å². The second-order valence-electron chi connectivity index (χ2n) is 5.37. The Labute approximate surface area is 108 Å². The number of hydrogen-bond donors (Lipinski definition) is 1. The number of carboxylic acid groups (broad SMARTS) is 1. The Balaban J connectivity index is 2.09. The molecule has 0 amide bonds. The van der Waals surface area contributed by atoms with Gasteiger partial charge >= 0.3 is 5.97 Å². The van der Waals surface area contributed by atoms with Crippen molar-refractivity contribution in [2.45, 2.75) is 58.4 Å². The van der Waals surface area contributed by atoms with Crippen LogP contribution in [0.15, 0.2) is 12.3 Å². The molecule has 1 aliphatic rings. The molecule has 1 aromatic heterocycles. The molecule has 0 unspecified atom stereocenters. The van der Waals surface area contributed by atoms with Crippen LogP contribution >= 0.6 is 0 Å². The van der Waals surface area contributed by atoms with E-state index in [0.717, 1.165) is 37.8 Å². The Morgan fingerprint density at radius 3 is 2.61 bits per heavy atom. The highest BCUT2D eigenvalue weighted by molar-refractivity contribution is 5.76. The van der Waals surface area contributed by atoms with Gasteiger partial charge in [-0.15, -0.1) is 0 Å². The smallest absolute Gasteiger partial charge is 0.310 e. The minimum absolute atomic E-state index is 0.431. The lowest BCUT2D eigenvalue weighted by Gasteiger charge is -2.37. The van der Waals surface area contributed by atoms with Gasteiger partial charge in [-0.25, -0.2) is 0 Å². The molecule has 0 aromatic carbocycles. The number of nitrogens with zero attached hydrogens (tertiary/aromatic N) is 2. The summed E-state index contributed by atoms with van der Waals surface area (Å²) in [5.74, 6) is -0.661. The fourth-order valence-electron chi connectivity index (χ4n) is 2.75. The van der Waals surface area contributed by atoms with Gasteiger partial charge in [0.15, 0.2) is 0 Å². The number of rotatable bonds is 6. The third-order valence-electron chi connectivity index (χ3n) is 4.26. The van der Waals surface area contributed by atoms with Crippen molar-refractivity contribution in [2.24, 2.45) is 5.41 Å². The Morgan fingerprint density at radius 2 is 2.17 bits per heavy atom. The molecule has 0 bridgehead atoms. The molecule has 1 aliphatic carbocycles. The summed E-state index contributed by atoms with van der Waals surface area (Å²) < 4.78 is 1.99. The van der Waals surface area contributed by atoms with Crippen molar-refractivity contribution in [3.8, 4) is 0 Å². The number of carboxylic acids is 1. The summed E-state index contributed by atoms with van der Waals surface area (Å²) in [4.78, 5) is 11.3. The zero-order valence-corrected chi connectivity index (χ0v) is 11.2. The van der Waals surface area contributed by atoms with Gasteiger partial charge in [0.1, 0.15) is 0 Å². The molecular formula is C14H22N2O2. The third-order valence-corrected chi connectivity index (χ3v) is 4.26. The highest BCUT2D eigenvalue weighted by atomic mass is 16.4. The van der Waals surface area contributed by atoms with Crippen LogP contribution in [-0.4, -0.2) is 20.9 Å². The van der Waals surface area contributed by atoms with Crippen LogP contribution in [0.1, 0.15) is 57.7 Å². The lowest BCUT2D eigenvalue weighted by atomic mass is 9.66. The van der Waals surface area contributed by atoms with Gasteiger partial charge in [0.05, 0.1) is 17.2 Å². The summed E-state index contributed by atoms with van der Waals surface area (Å²) in [5.41, 5.74) is 0.386. The number of hydrogen-bond acceptors (Lipinski definition) is 2. The van der Waals surface area contributed by atoms with E-state index in [1.54, 1.807) is 0 Å². The quantitative estimate of drug-likeness (QED) is 0.844. The van der Waals surface area contributed by atoms with Crippen LogP contribution in [0.3, 0.4) is 0 Å². The predicted octanol–water partition coefficient (Wildman–Crippen LogP) is 3.04. The van der Waals surface area contributed by atoms with Gasteiger partial charge in [0, 0.05) is 12.6 Å². The lowest BCUT2D eigenvalue weighted by molar-refractivity contribution is -0.154. The highest BCUT2D eigenvalue weighted by Crippen LogP contribution is 2.43. The molecule has 1 aromatic rings. The van der Waals surface area contributed by atoms with Crippen LogP contribution in [0.4, 0.5) is 0 Å². The van der Waals surface area contributed by atoms with E-state index in [4.69, 9.17) is 0 Å². The first-order chi connectivity index (χ1) is 8.61. The molecule has 1 heterocycles. The zero-order valence-electron chi connectivity index (χ0n) is 11.2. The summed E-state index contributed by atoms with van der Waals surface area (Å²) in [6.45, 7) is 4.31. The van der Waals surface area contributed by atoms with Crippen molar-refractivity contribution in [3.05, 3.63) is 18.0 Å². The molecule has 1 saturated carbocycles. The van der Waals surface area contributed by atoms with Crippen LogP contribution in [0.25, 0.3) is 0 Å². The van der Waals surface area contributed by atoms with E-state index in [2.05, 4.69) is 18.9 Å². The van der Waals surface area contributed by atoms with Gasteiger partial charge in [-0.3, -0.25) is 9.48 Å². The van der Waals surface area contributed by atoms with Crippen molar-refractivity contribution < 1.29 is 9.90 Å². The van der Waals surface area contributed by atoms with E-state index >= 15 is 0 Å². The topological polar surface area (TPSA) is 55.1 Å². The molecule has 0 saturated heterocycles. The van der Waals surface area contributed by atoms with Crippen LogP contribution < -0.4 is 0 Å². The van der Waals surface area contributed by atoms with Gasteiger partial charge < -0.3 is 5.11 Å². The van der Waals surface area contributed by atoms with Crippen molar-refractivity contribution >= 4 is 5.97 Å². The second kappa shape index (κ2) is 5.12. The maximum atomic E-state index is 11.3. The third kappa shape index (κ3) is 2.28. The zero-order chi connectivity index (χ0) is 13.2. The average Bonchev–Trinajstić information content (AvgIpc) is 2.73. The SMILES string of the molecule is CCC(CC)n1ccc(CC2(C(=O)O)CCC2)n1. The first-order valence-corrected chi connectivity index (χ1v) is 6.88. The largest absolute Gasteiger partial charge is 0.481 e. The van der Waals surface area contributed by atoms with E-state index in [-0.39, 0.29) is 0 Å². The molecule has 4 nitrogen and oxygen atoms in total. The minimum Gasteiger partial charge on any atom is -0.481 e. The molecule has 2 rings (SSSR count). The first kappa shape index (κ1) is 13.1. The summed E-state index contributed by atoms with van der Waals surface area (Å²) in [7, 11) is 0. The molecule has 1 N–H and O–H groups in total. The standard InChI is InChI=1S/C14H22N2O2/c1-3-12(4-2)16-9-6-11(15-16)10-14(13(17)18)7-5-8-14/h6,9,12H,3-5,7-8,10H2,1-2H3,(H,17,18). The Kier molecular flexibility index (Phi) is 3.73.